The minimum Gasteiger partial charge on any atom is -0.206 e. The van der Waals surface area contributed by atoms with Gasteiger partial charge in [0, 0.05) is 10.4 Å². The Morgan fingerprint density at radius 2 is 2.08 bits per heavy atom. The molecule has 0 heterocycles. The van der Waals surface area contributed by atoms with Crippen molar-refractivity contribution in [2.24, 2.45) is 0 Å². The van der Waals surface area contributed by atoms with Crippen molar-refractivity contribution in [1.29, 1.82) is 0 Å². The first kappa shape index (κ1) is 10.5. The molecule has 0 saturated heterocycles. The molecule has 1 rings (SSSR count). The van der Waals surface area contributed by atoms with E-state index >= 15 is 0 Å². The summed E-state index contributed by atoms with van der Waals surface area (Å²) in [6.45, 7) is 4.00. The molecule has 1 aromatic rings. The summed E-state index contributed by atoms with van der Waals surface area (Å²) in [4.78, 5) is 0.284. The van der Waals surface area contributed by atoms with Gasteiger partial charge in [0.2, 0.25) is 0 Å². The molecule has 13 heavy (non-hydrogen) atoms. The number of halogens is 2. The molecule has 0 aliphatic heterocycles. The average Bonchev–Trinajstić information content (AvgIpc) is 2.08. The second-order valence-electron chi connectivity index (χ2n) is 3.03. The van der Waals surface area contributed by atoms with Crippen LogP contribution < -0.4 is 0 Å². The van der Waals surface area contributed by atoms with Crippen LogP contribution in [0.4, 0.5) is 4.39 Å². The molecule has 0 spiro atoms. The minimum absolute atomic E-state index is 0.171. The SMILES string of the molecule is C/C(=C\c1ccccc1F)C(C)Br. The van der Waals surface area contributed by atoms with Crippen LogP contribution in [0.3, 0.4) is 0 Å². The fourth-order valence-corrected chi connectivity index (χ4v) is 1.08. The van der Waals surface area contributed by atoms with Gasteiger partial charge in [0.25, 0.3) is 0 Å². The third-order valence-electron chi connectivity index (χ3n) is 1.92. The maximum absolute atomic E-state index is 13.2. The molecule has 1 unspecified atom stereocenters. The van der Waals surface area contributed by atoms with Crippen molar-refractivity contribution in [3.63, 3.8) is 0 Å². The van der Waals surface area contributed by atoms with E-state index in [4.69, 9.17) is 0 Å². The molecule has 0 amide bonds. The standard InChI is InChI=1S/C11H12BrF/c1-8(9(2)12)7-10-5-3-4-6-11(10)13/h3-7,9H,1-2H3/b8-7+. The van der Waals surface area contributed by atoms with E-state index in [0.29, 0.717) is 5.56 Å². The van der Waals surface area contributed by atoms with E-state index in [1.165, 1.54) is 6.07 Å². The normalized spacial score (nSPS) is 14.3. The van der Waals surface area contributed by atoms with Gasteiger partial charge in [-0.3, -0.25) is 0 Å². The molecule has 1 aromatic carbocycles. The minimum atomic E-state index is -0.171. The highest BCUT2D eigenvalue weighted by molar-refractivity contribution is 9.09. The molecular weight excluding hydrogens is 231 g/mol. The van der Waals surface area contributed by atoms with Crippen molar-refractivity contribution in [1.82, 2.24) is 0 Å². The quantitative estimate of drug-likeness (QED) is 0.688. The topological polar surface area (TPSA) is 0 Å². The van der Waals surface area contributed by atoms with Crippen molar-refractivity contribution in [3.8, 4) is 0 Å². The molecule has 70 valence electrons. The van der Waals surface area contributed by atoms with E-state index in [1.54, 1.807) is 12.1 Å². The highest BCUT2D eigenvalue weighted by atomic mass is 79.9. The van der Waals surface area contributed by atoms with E-state index in [-0.39, 0.29) is 10.6 Å². The maximum atomic E-state index is 13.2. The molecule has 1 atom stereocenters. The Hall–Kier alpha value is -0.630. The van der Waals surface area contributed by atoms with Crippen LogP contribution in [0.25, 0.3) is 6.08 Å². The van der Waals surface area contributed by atoms with Crippen molar-refractivity contribution in [3.05, 3.63) is 41.2 Å². The van der Waals surface area contributed by atoms with Gasteiger partial charge in [-0.15, -0.1) is 0 Å². The number of alkyl halides is 1. The van der Waals surface area contributed by atoms with Gasteiger partial charge in [0.05, 0.1) is 0 Å². The van der Waals surface area contributed by atoms with E-state index in [1.807, 2.05) is 26.0 Å². The van der Waals surface area contributed by atoms with Crippen LogP contribution >= 0.6 is 15.9 Å². The fourth-order valence-electron chi connectivity index (χ4n) is 0.952. The Labute approximate surface area is 86.6 Å². The monoisotopic (exact) mass is 242 g/mol. The van der Waals surface area contributed by atoms with Gasteiger partial charge in [-0.1, -0.05) is 45.8 Å². The van der Waals surface area contributed by atoms with E-state index in [9.17, 15) is 4.39 Å². The Kier molecular flexibility index (Phi) is 3.67. The maximum Gasteiger partial charge on any atom is 0.130 e. The summed E-state index contributed by atoms with van der Waals surface area (Å²) in [7, 11) is 0. The third kappa shape index (κ3) is 2.96. The number of benzene rings is 1. The van der Waals surface area contributed by atoms with Crippen molar-refractivity contribution >= 4 is 22.0 Å². The lowest BCUT2D eigenvalue weighted by atomic mass is 10.1. The largest absolute Gasteiger partial charge is 0.206 e. The van der Waals surface area contributed by atoms with Crippen LogP contribution in [0.2, 0.25) is 0 Å². The highest BCUT2D eigenvalue weighted by Crippen LogP contribution is 2.16. The molecule has 0 radical (unpaired) electrons. The van der Waals surface area contributed by atoms with Gasteiger partial charge in [-0.05, 0) is 19.9 Å². The first-order valence-electron chi connectivity index (χ1n) is 4.18. The van der Waals surface area contributed by atoms with Gasteiger partial charge >= 0.3 is 0 Å². The predicted octanol–water partition coefficient (Wildman–Crippen LogP) is 4.01. The zero-order valence-electron chi connectivity index (χ0n) is 7.72. The lowest BCUT2D eigenvalue weighted by Crippen LogP contribution is -1.91. The van der Waals surface area contributed by atoms with Gasteiger partial charge in [-0.2, -0.15) is 0 Å². The lowest BCUT2D eigenvalue weighted by Gasteiger charge is -2.03. The molecule has 0 N–H and O–H groups in total. The summed E-state index contributed by atoms with van der Waals surface area (Å²) >= 11 is 3.43. The summed E-state index contributed by atoms with van der Waals surface area (Å²) in [5, 5.41) is 0. The molecule has 0 aliphatic rings. The summed E-state index contributed by atoms with van der Waals surface area (Å²) in [6, 6.07) is 6.77. The van der Waals surface area contributed by atoms with Crippen molar-refractivity contribution in [2.45, 2.75) is 18.7 Å². The predicted molar refractivity (Wildman–Crippen MR) is 58.4 cm³/mol. The fraction of sp³-hybridized carbons (Fsp3) is 0.273. The third-order valence-corrected chi connectivity index (χ3v) is 2.64. The summed E-state index contributed by atoms with van der Waals surface area (Å²) < 4.78 is 13.2. The zero-order chi connectivity index (χ0) is 9.84. The van der Waals surface area contributed by atoms with Crippen LogP contribution in [0.15, 0.2) is 29.8 Å². The molecule has 0 fully saturated rings. The van der Waals surface area contributed by atoms with Gasteiger partial charge in [0.15, 0.2) is 0 Å². The Balaban J connectivity index is 2.97. The summed E-state index contributed by atoms with van der Waals surface area (Å²) in [5.74, 6) is -0.171. The first-order chi connectivity index (χ1) is 6.11. The molecule has 0 saturated carbocycles. The molecule has 0 aromatic heterocycles. The summed E-state index contributed by atoms with van der Waals surface area (Å²) in [6.07, 6.45) is 1.86. The Bertz CT molecular complexity index is 316. The van der Waals surface area contributed by atoms with Gasteiger partial charge in [0.1, 0.15) is 5.82 Å². The molecular formula is C11H12BrF. The second-order valence-corrected chi connectivity index (χ2v) is 4.40. The van der Waals surface area contributed by atoms with Crippen LogP contribution in [-0.4, -0.2) is 4.83 Å². The van der Waals surface area contributed by atoms with Crippen molar-refractivity contribution < 1.29 is 4.39 Å². The number of hydrogen-bond acceptors (Lipinski definition) is 0. The molecule has 2 heteroatoms. The summed E-state index contributed by atoms with van der Waals surface area (Å²) in [5.41, 5.74) is 1.76. The Morgan fingerprint density at radius 1 is 1.46 bits per heavy atom. The van der Waals surface area contributed by atoms with E-state index in [0.717, 1.165) is 5.57 Å². The number of hydrogen-bond donors (Lipinski definition) is 0. The smallest absolute Gasteiger partial charge is 0.130 e. The van der Waals surface area contributed by atoms with Gasteiger partial charge in [-0.25, -0.2) is 4.39 Å². The number of rotatable bonds is 2. The second kappa shape index (κ2) is 4.56. The average molecular weight is 243 g/mol. The molecule has 0 bridgehead atoms. The van der Waals surface area contributed by atoms with Crippen LogP contribution in [0.1, 0.15) is 19.4 Å². The van der Waals surface area contributed by atoms with Crippen LogP contribution in [-0.2, 0) is 0 Å². The van der Waals surface area contributed by atoms with E-state index < -0.39 is 0 Å². The molecule has 0 nitrogen and oxygen atoms in total. The van der Waals surface area contributed by atoms with Crippen LogP contribution in [0, 0.1) is 5.82 Å². The van der Waals surface area contributed by atoms with E-state index in [2.05, 4.69) is 15.9 Å². The highest BCUT2D eigenvalue weighted by Gasteiger charge is 2.01. The first-order valence-corrected chi connectivity index (χ1v) is 5.09. The van der Waals surface area contributed by atoms with Crippen molar-refractivity contribution in [2.75, 3.05) is 0 Å². The zero-order valence-corrected chi connectivity index (χ0v) is 9.31. The van der Waals surface area contributed by atoms with Crippen LogP contribution in [0.5, 0.6) is 0 Å². The van der Waals surface area contributed by atoms with Gasteiger partial charge < -0.3 is 0 Å². The lowest BCUT2D eigenvalue weighted by molar-refractivity contribution is 0.625. The molecule has 0 aliphatic carbocycles. The number of allylic oxidation sites excluding steroid dienone is 1. The Morgan fingerprint density at radius 3 is 2.62 bits per heavy atom.